The molecule has 1 aromatic carbocycles. The van der Waals surface area contributed by atoms with Gasteiger partial charge in [-0.05, 0) is 50.4 Å². The quantitative estimate of drug-likeness (QED) is 0.446. The van der Waals surface area contributed by atoms with Crippen molar-refractivity contribution in [1.82, 2.24) is 25.0 Å². The molecule has 3 rings (SSSR count). The average Bonchev–Trinajstić information content (AvgIpc) is 3.14. The number of nitrogens with zero attached hydrogens (tertiary/aromatic N) is 3. The highest BCUT2D eigenvalue weighted by Crippen LogP contribution is 2.19. The minimum absolute atomic E-state index is 0.0933. The summed E-state index contributed by atoms with van der Waals surface area (Å²) in [5.41, 5.74) is 2.34. The van der Waals surface area contributed by atoms with Gasteiger partial charge in [0.05, 0.1) is 6.67 Å². The molecule has 1 amide bonds. The van der Waals surface area contributed by atoms with Gasteiger partial charge in [0.1, 0.15) is 0 Å². The number of benzene rings is 1. The number of nitrogens with one attached hydrogen (secondary N) is 2. The maximum absolute atomic E-state index is 12.3. The Bertz CT molecular complexity index is 853. The van der Waals surface area contributed by atoms with Crippen LogP contribution in [0.4, 0.5) is 0 Å². The number of hydrogen-bond acceptors (Lipinski definition) is 5. The molecule has 1 aliphatic heterocycles. The number of hydrogen-bond donors (Lipinski definition) is 2. The molecule has 0 aliphatic carbocycles. The van der Waals surface area contributed by atoms with E-state index in [0.29, 0.717) is 24.6 Å². The second-order valence-corrected chi connectivity index (χ2v) is 8.07. The smallest absolute Gasteiger partial charge is 0.223 e. The van der Waals surface area contributed by atoms with E-state index in [1.807, 2.05) is 11.6 Å². The fraction of sp³-hybridized carbons (Fsp3) is 0.591. The lowest BCUT2D eigenvalue weighted by Gasteiger charge is -2.31. The number of H-pyrrole nitrogens is 1. The summed E-state index contributed by atoms with van der Waals surface area (Å²) in [5.74, 6) is 1.06. The van der Waals surface area contributed by atoms with Crippen molar-refractivity contribution in [2.24, 2.45) is 5.92 Å². The summed E-state index contributed by atoms with van der Waals surface area (Å²) in [6, 6.07) is 8.40. The fourth-order valence-corrected chi connectivity index (χ4v) is 3.89. The molecule has 0 bridgehead atoms. The number of ether oxygens (including phenoxy) is 1. The molecule has 30 heavy (non-hydrogen) atoms. The van der Waals surface area contributed by atoms with E-state index in [1.165, 1.54) is 5.56 Å². The van der Waals surface area contributed by atoms with E-state index in [4.69, 9.17) is 17.0 Å². The predicted molar refractivity (Wildman–Crippen MR) is 121 cm³/mol. The molecule has 1 aliphatic rings. The van der Waals surface area contributed by atoms with E-state index in [2.05, 4.69) is 51.5 Å². The Labute approximate surface area is 183 Å². The number of piperidine rings is 1. The Morgan fingerprint density at radius 3 is 2.67 bits per heavy atom. The molecular weight excluding hydrogens is 398 g/mol. The number of rotatable bonds is 10. The normalized spacial score (nSPS) is 15.4. The minimum atomic E-state index is 0.0933. The molecule has 2 heterocycles. The summed E-state index contributed by atoms with van der Waals surface area (Å²) in [4.78, 5) is 19.2. The summed E-state index contributed by atoms with van der Waals surface area (Å²) in [5, 5.41) is 6.37. The number of aryl methyl sites for hydroxylation is 1. The standard InChI is InChI=1S/C22H33N5O2S/c1-3-17-6-8-18(9-7-17)20-24-22(30)27(25-20)16-26-13-10-19(11-14-26)21(28)23-12-5-15-29-4-2/h6-9,19H,3-5,10-16H2,1-2H3,(H,23,28)(H,24,25,30). The lowest BCUT2D eigenvalue weighted by atomic mass is 9.96. The van der Waals surface area contributed by atoms with Gasteiger partial charge < -0.3 is 10.1 Å². The molecule has 2 N–H and O–H groups in total. The zero-order chi connectivity index (χ0) is 21.3. The third-order valence-corrected chi connectivity index (χ3v) is 5.90. The molecule has 0 atom stereocenters. The molecule has 0 unspecified atom stereocenters. The van der Waals surface area contributed by atoms with Crippen molar-refractivity contribution < 1.29 is 9.53 Å². The SMILES string of the molecule is CCOCCCNC(=O)C1CCN(Cn2[nH]c(-c3ccc(CC)cc3)nc2=S)CC1. The first-order valence-electron chi connectivity index (χ1n) is 10.9. The largest absolute Gasteiger partial charge is 0.382 e. The minimum Gasteiger partial charge on any atom is -0.382 e. The van der Waals surface area contributed by atoms with Crippen LogP contribution < -0.4 is 5.32 Å². The first kappa shape index (κ1) is 22.7. The van der Waals surface area contributed by atoms with E-state index >= 15 is 0 Å². The molecule has 1 saturated heterocycles. The fourth-order valence-electron chi connectivity index (χ4n) is 3.69. The topological polar surface area (TPSA) is 75.2 Å². The van der Waals surface area contributed by atoms with Gasteiger partial charge in [-0.1, -0.05) is 31.2 Å². The first-order valence-corrected chi connectivity index (χ1v) is 11.4. The Balaban J connectivity index is 1.47. The van der Waals surface area contributed by atoms with Crippen LogP contribution in [0.25, 0.3) is 11.4 Å². The van der Waals surface area contributed by atoms with Crippen LogP contribution in [0.1, 0.15) is 38.7 Å². The van der Waals surface area contributed by atoms with Crippen molar-refractivity contribution >= 4 is 18.1 Å². The van der Waals surface area contributed by atoms with Crippen LogP contribution in [-0.4, -0.2) is 58.4 Å². The third kappa shape index (κ3) is 6.23. The van der Waals surface area contributed by atoms with Crippen LogP contribution in [0.5, 0.6) is 0 Å². The molecule has 0 saturated carbocycles. The Hall–Kier alpha value is -2.03. The summed E-state index contributed by atoms with van der Waals surface area (Å²) < 4.78 is 7.77. The zero-order valence-corrected chi connectivity index (χ0v) is 18.8. The highest BCUT2D eigenvalue weighted by Gasteiger charge is 2.25. The summed E-state index contributed by atoms with van der Waals surface area (Å²) in [6.45, 7) is 8.65. The van der Waals surface area contributed by atoms with Crippen molar-refractivity contribution in [2.75, 3.05) is 32.8 Å². The second-order valence-electron chi connectivity index (χ2n) is 7.71. The Kier molecular flexibility index (Phi) is 8.60. The van der Waals surface area contributed by atoms with Crippen molar-refractivity contribution in [1.29, 1.82) is 0 Å². The van der Waals surface area contributed by atoms with Gasteiger partial charge in [-0.3, -0.25) is 14.8 Å². The monoisotopic (exact) mass is 431 g/mol. The second kappa shape index (κ2) is 11.4. The van der Waals surface area contributed by atoms with Crippen LogP contribution in [0.15, 0.2) is 24.3 Å². The highest BCUT2D eigenvalue weighted by molar-refractivity contribution is 7.71. The number of amides is 1. The third-order valence-electron chi connectivity index (χ3n) is 5.58. The maximum Gasteiger partial charge on any atom is 0.223 e. The molecule has 1 aromatic heterocycles. The Morgan fingerprint density at radius 1 is 1.27 bits per heavy atom. The number of aromatic nitrogens is 3. The highest BCUT2D eigenvalue weighted by atomic mass is 32.1. The number of aromatic amines is 1. The van der Waals surface area contributed by atoms with E-state index in [0.717, 1.165) is 56.8 Å². The predicted octanol–water partition coefficient (Wildman–Crippen LogP) is 3.38. The molecular formula is C22H33N5O2S. The van der Waals surface area contributed by atoms with Crippen molar-refractivity contribution in [2.45, 2.75) is 46.2 Å². The van der Waals surface area contributed by atoms with Crippen LogP contribution in [0, 0.1) is 10.7 Å². The molecule has 7 nitrogen and oxygen atoms in total. The van der Waals surface area contributed by atoms with Crippen LogP contribution in [-0.2, 0) is 22.6 Å². The first-order chi connectivity index (χ1) is 14.6. The van der Waals surface area contributed by atoms with Gasteiger partial charge in [0, 0.05) is 44.3 Å². The maximum atomic E-state index is 12.3. The van der Waals surface area contributed by atoms with Gasteiger partial charge in [-0.2, -0.15) is 4.98 Å². The summed E-state index contributed by atoms with van der Waals surface area (Å²) >= 11 is 5.45. The number of carbonyl (C=O) groups excluding carboxylic acids is 1. The Morgan fingerprint density at radius 2 is 2.00 bits per heavy atom. The van der Waals surface area contributed by atoms with Gasteiger partial charge >= 0.3 is 0 Å². The van der Waals surface area contributed by atoms with Gasteiger partial charge in [0.15, 0.2) is 5.82 Å². The molecule has 0 radical (unpaired) electrons. The van der Waals surface area contributed by atoms with Gasteiger partial charge in [-0.15, -0.1) is 0 Å². The lowest BCUT2D eigenvalue weighted by molar-refractivity contribution is -0.126. The van der Waals surface area contributed by atoms with Crippen LogP contribution in [0.2, 0.25) is 0 Å². The summed E-state index contributed by atoms with van der Waals surface area (Å²) in [7, 11) is 0. The van der Waals surface area contributed by atoms with Crippen LogP contribution >= 0.6 is 12.2 Å². The van der Waals surface area contributed by atoms with Gasteiger partial charge in [0.25, 0.3) is 0 Å². The van der Waals surface area contributed by atoms with E-state index in [9.17, 15) is 4.79 Å². The zero-order valence-electron chi connectivity index (χ0n) is 18.0. The van der Waals surface area contributed by atoms with E-state index < -0.39 is 0 Å². The molecule has 2 aromatic rings. The average molecular weight is 432 g/mol. The molecule has 8 heteroatoms. The van der Waals surface area contributed by atoms with Crippen molar-refractivity contribution in [3.63, 3.8) is 0 Å². The molecule has 1 fully saturated rings. The summed E-state index contributed by atoms with van der Waals surface area (Å²) in [6.07, 6.45) is 3.61. The van der Waals surface area contributed by atoms with Crippen molar-refractivity contribution in [3.05, 3.63) is 34.6 Å². The van der Waals surface area contributed by atoms with Crippen LogP contribution in [0.3, 0.4) is 0 Å². The van der Waals surface area contributed by atoms with E-state index in [-0.39, 0.29) is 11.8 Å². The number of likely N-dealkylation sites (tertiary alicyclic amines) is 1. The molecule has 164 valence electrons. The van der Waals surface area contributed by atoms with Gasteiger partial charge in [0.2, 0.25) is 10.7 Å². The van der Waals surface area contributed by atoms with Gasteiger partial charge in [-0.25, -0.2) is 4.68 Å². The molecule has 0 spiro atoms. The lowest BCUT2D eigenvalue weighted by Crippen LogP contribution is -2.41. The van der Waals surface area contributed by atoms with E-state index in [1.54, 1.807) is 0 Å². The number of carbonyl (C=O) groups is 1. The van der Waals surface area contributed by atoms with Crippen molar-refractivity contribution in [3.8, 4) is 11.4 Å².